The normalized spacial score (nSPS) is 16.1. The molecule has 0 saturated carbocycles. The van der Waals surface area contributed by atoms with Crippen molar-refractivity contribution in [1.29, 1.82) is 0 Å². The predicted octanol–water partition coefficient (Wildman–Crippen LogP) is 4.20. The first-order chi connectivity index (χ1) is 28.4. The summed E-state index contributed by atoms with van der Waals surface area (Å²) in [4.78, 5) is 0. The number of benzene rings is 4. The fourth-order valence-electron chi connectivity index (χ4n) is 5.91. The number of nitrogens with two attached hydrogens (primary N) is 4. The second kappa shape index (κ2) is 26.9. The summed E-state index contributed by atoms with van der Waals surface area (Å²) in [5.41, 5.74) is 24.4. The maximum atomic E-state index is 9.83. The molecule has 0 bridgehead atoms. The molecule has 0 aliphatic carbocycles. The fourth-order valence-corrected chi connectivity index (χ4v) is 5.91. The fraction of sp³-hybridized carbons (Fsp3) is 0.489. The van der Waals surface area contributed by atoms with E-state index in [-0.39, 0.29) is 57.8 Å². The number of aliphatic hydroxyl groups is 2. The molecule has 4 atom stereocenters. The second-order valence-corrected chi connectivity index (χ2v) is 15.4. The Bertz CT molecular complexity index is 1610. The molecule has 14 heteroatoms. The molecule has 4 aromatic carbocycles. The molecule has 61 heavy (non-hydrogen) atoms. The van der Waals surface area contributed by atoms with Crippen molar-refractivity contribution in [2.75, 3.05) is 72.7 Å². The minimum Gasteiger partial charge on any atom is -0.491 e. The van der Waals surface area contributed by atoms with E-state index in [2.05, 4.69) is 74.1 Å². The second-order valence-electron chi connectivity index (χ2n) is 15.4. The topological polar surface area (TPSA) is 231 Å². The van der Waals surface area contributed by atoms with E-state index in [4.69, 9.17) is 39.9 Å². The zero-order chi connectivity index (χ0) is 42.7. The van der Waals surface area contributed by atoms with Crippen LogP contribution in [-0.2, 0) is 20.3 Å². The maximum absolute atomic E-state index is 9.83. The average molecular weight is 851 g/mol. The first-order valence-electron chi connectivity index (χ1n) is 20.1. The van der Waals surface area contributed by atoms with Gasteiger partial charge in [0.2, 0.25) is 0 Å². The summed E-state index contributed by atoms with van der Waals surface area (Å²) in [5, 5.41) is 25.4. The van der Waals surface area contributed by atoms with Crippen LogP contribution in [0, 0.1) is 0 Å². The van der Waals surface area contributed by atoms with Gasteiger partial charge in [0, 0.05) is 43.9 Å². The molecule has 14 nitrogen and oxygen atoms in total. The standard InChI is InChI=1S/C23H36N4O4.C21H24O4.CH6N2.2CH4/c1-23(2,17-3-7-21(8-4-17)30-13-19(28)11-26-15-24)18-5-9-22(10-6-18)31-14-20(29)12-27-16-25;1-21(2,15-3-7-17(8-4-15)22-11-19-13-24-19)16-5-9-18(10-6-16)23-12-20-14-25-20;2-1-3;;/h3-10,19-20,26-29H,11-16,24-25H2,1-2H3;3-10,19-20H,11-14H2,1-2H3;1-3H2;2*1H4. The minimum absolute atomic E-state index is 0. The van der Waals surface area contributed by atoms with E-state index in [0.29, 0.717) is 51.1 Å². The summed E-state index contributed by atoms with van der Waals surface area (Å²) >= 11 is 0. The van der Waals surface area contributed by atoms with Crippen LogP contribution in [0.5, 0.6) is 23.0 Å². The molecule has 0 aromatic heterocycles. The Morgan fingerprint density at radius 3 is 1.00 bits per heavy atom. The van der Waals surface area contributed by atoms with Gasteiger partial charge in [0.1, 0.15) is 73.8 Å². The van der Waals surface area contributed by atoms with Crippen LogP contribution in [0.25, 0.3) is 0 Å². The molecule has 12 N–H and O–H groups in total. The number of ether oxygens (including phenoxy) is 6. The van der Waals surface area contributed by atoms with E-state index < -0.39 is 12.2 Å². The van der Waals surface area contributed by atoms with E-state index in [1.54, 1.807) is 0 Å². The third kappa shape index (κ3) is 18.3. The molecular weight excluding hydrogens is 777 g/mol. The van der Waals surface area contributed by atoms with Gasteiger partial charge in [0.25, 0.3) is 0 Å². The summed E-state index contributed by atoms with van der Waals surface area (Å²) in [7, 11) is 0. The van der Waals surface area contributed by atoms with Crippen LogP contribution in [0.3, 0.4) is 0 Å². The molecule has 4 unspecified atom stereocenters. The van der Waals surface area contributed by atoms with Gasteiger partial charge in [0.15, 0.2) is 0 Å². The monoisotopic (exact) mass is 851 g/mol. The summed E-state index contributed by atoms with van der Waals surface area (Å²) in [6.07, 6.45) is -0.663. The highest BCUT2D eigenvalue weighted by atomic mass is 16.6. The number of epoxide rings is 2. The molecule has 340 valence electrons. The first-order valence-corrected chi connectivity index (χ1v) is 20.1. The van der Waals surface area contributed by atoms with Crippen LogP contribution in [-0.4, -0.2) is 107 Å². The van der Waals surface area contributed by atoms with Crippen molar-refractivity contribution in [2.45, 2.75) is 77.8 Å². The Kier molecular flexibility index (Phi) is 23.3. The zero-order valence-corrected chi connectivity index (χ0v) is 35.0. The Labute approximate surface area is 364 Å². The maximum Gasteiger partial charge on any atom is 0.119 e. The summed E-state index contributed by atoms with van der Waals surface area (Å²) in [5.74, 6) is 3.19. The number of nitrogens with one attached hydrogen (secondary N) is 2. The van der Waals surface area contributed by atoms with E-state index in [1.807, 2.05) is 72.8 Å². The number of rotatable bonds is 22. The third-order valence-corrected chi connectivity index (χ3v) is 9.91. The number of aliphatic hydroxyl groups excluding tert-OH is 2. The average Bonchev–Trinajstić information content (AvgIpc) is 4.20. The van der Waals surface area contributed by atoms with Gasteiger partial charge >= 0.3 is 0 Å². The largest absolute Gasteiger partial charge is 0.491 e. The highest BCUT2D eigenvalue weighted by molar-refractivity contribution is 5.43. The predicted molar refractivity (Wildman–Crippen MR) is 244 cm³/mol. The molecule has 0 radical (unpaired) electrons. The summed E-state index contributed by atoms with van der Waals surface area (Å²) in [6.45, 7) is 13.8. The molecule has 0 amide bonds. The Morgan fingerprint density at radius 2 is 0.770 bits per heavy atom. The van der Waals surface area contributed by atoms with Gasteiger partial charge in [0.05, 0.1) is 13.2 Å². The molecular formula is C47H74N6O8. The quantitative estimate of drug-likeness (QED) is 0.0410. The Hall–Kier alpha value is -4.32. The molecule has 4 aromatic rings. The van der Waals surface area contributed by atoms with Crippen LogP contribution < -0.4 is 52.5 Å². The van der Waals surface area contributed by atoms with Crippen molar-refractivity contribution < 1.29 is 38.6 Å². The molecule has 6 rings (SSSR count). The van der Waals surface area contributed by atoms with Gasteiger partial charge in [-0.05, 0) is 70.8 Å². The van der Waals surface area contributed by atoms with Crippen molar-refractivity contribution in [3.05, 3.63) is 119 Å². The van der Waals surface area contributed by atoms with Gasteiger partial charge in [-0.25, -0.2) is 0 Å². The SMILES string of the molecule is C.C.CC(C)(c1ccc(OCC(O)CNCN)cc1)c1ccc(OCC(O)CNCN)cc1.CC(C)(c1ccc(OCC2CO2)cc1)c1ccc(OCC2CO2)cc1.NCN. The van der Waals surface area contributed by atoms with Crippen LogP contribution in [0.4, 0.5) is 0 Å². The Morgan fingerprint density at radius 1 is 0.525 bits per heavy atom. The van der Waals surface area contributed by atoms with E-state index in [0.717, 1.165) is 35.8 Å². The van der Waals surface area contributed by atoms with Crippen molar-refractivity contribution in [1.82, 2.24) is 10.6 Å². The highest BCUT2D eigenvalue weighted by Crippen LogP contribution is 2.35. The van der Waals surface area contributed by atoms with Gasteiger partial charge < -0.3 is 72.2 Å². The Balaban J connectivity index is 0.000000388. The van der Waals surface area contributed by atoms with Gasteiger partial charge in [-0.2, -0.15) is 0 Å². The lowest BCUT2D eigenvalue weighted by Gasteiger charge is -2.26. The van der Waals surface area contributed by atoms with Gasteiger partial charge in [-0.1, -0.05) is 91.1 Å². The molecule has 0 spiro atoms. The highest BCUT2D eigenvalue weighted by Gasteiger charge is 2.26. The lowest BCUT2D eigenvalue weighted by atomic mass is 9.78. The number of hydrogen-bond donors (Lipinski definition) is 8. The van der Waals surface area contributed by atoms with Crippen LogP contribution >= 0.6 is 0 Å². The van der Waals surface area contributed by atoms with Gasteiger partial charge in [-0.15, -0.1) is 0 Å². The lowest BCUT2D eigenvalue weighted by molar-refractivity contribution is 0.106. The van der Waals surface area contributed by atoms with Gasteiger partial charge in [-0.3, -0.25) is 0 Å². The number of hydrogen-bond acceptors (Lipinski definition) is 14. The third-order valence-electron chi connectivity index (χ3n) is 9.91. The van der Waals surface area contributed by atoms with E-state index in [9.17, 15) is 10.2 Å². The molecule has 2 saturated heterocycles. The van der Waals surface area contributed by atoms with Crippen LogP contribution in [0.1, 0.15) is 64.8 Å². The minimum atomic E-state index is -0.613. The van der Waals surface area contributed by atoms with Crippen LogP contribution in [0.2, 0.25) is 0 Å². The smallest absolute Gasteiger partial charge is 0.119 e. The van der Waals surface area contributed by atoms with Crippen molar-refractivity contribution in [3.63, 3.8) is 0 Å². The summed E-state index contributed by atoms with van der Waals surface area (Å²) < 4.78 is 33.1. The first kappa shape index (κ1) is 52.8. The van der Waals surface area contributed by atoms with Crippen molar-refractivity contribution in [3.8, 4) is 23.0 Å². The van der Waals surface area contributed by atoms with Crippen molar-refractivity contribution in [2.24, 2.45) is 22.9 Å². The molecule has 2 fully saturated rings. The van der Waals surface area contributed by atoms with E-state index in [1.165, 1.54) is 11.1 Å². The molecule has 2 aliphatic heterocycles. The van der Waals surface area contributed by atoms with E-state index >= 15 is 0 Å². The molecule has 2 aliphatic rings. The summed E-state index contributed by atoms with van der Waals surface area (Å²) in [6, 6.07) is 32.5. The molecule has 2 heterocycles. The van der Waals surface area contributed by atoms with Crippen molar-refractivity contribution >= 4 is 0 Å². The lowest BCUT2D eigenvalue weighted by Crippen LogP contribution is -2.34. The zero-order valence-electron chi connectivity index (χ0n) is 35.0. The van der Waals surface area contributed by atoms with Crippen LogP contribution in [0.15, 0.2) is 97.1 Å².